The van der Waals surface area contributed by atoms with Gasteiger partial charge < -0.3 is 9.47 Å². The average Bonchev–Trinajstić information content (AvgIpc) is 2.77. The molecule has 0 saturated carbocycles. The Bertz CT molecular complexity index is 728. The second kappa shape index (κ2) is 14.7. The van der Waals surface area contributed by atoms with E-state index in [0.29, 0.717) is 4.83 Å². The Morgan fingerprint density at radius 3 is 2.30 bits per heavy atom. The molecule has 1 atom stereocenters. The summed E-state index contributed by atoms with van der Waals surface area (Å²) < 4.78 is 12.2. The van der Waals surface area contributed by atoms with Crippen molar-refractivity contribution in [2.24, 2.45) is 0 Å². The van der Waals surface area contributed by atoms with Crippen molar-refractivity contribution in [2.75, 3.05) is 13.2 Å². The lowest BCUT2D eigenvalue weighted by molar-refractivity contribution is 0.302. The Labute approximate surface area is 192 Å². The molecule has 2 rings (SSSR count). The van der Waals surface area contributed by atoms with Crippen LogP contribution in [-0.4, -0.2) is 18.0 Å². The third-order valence-corrected chi connectivity index (χ3v) is 6.90. The fourth-order valence-electron chi connectivity index (χ4n) is 3.87. The summed E-state index contributed by atoms with van der Waals surface area (Å²) in [5.74, 6) is 2.02. The summed E-state index contributed by atoms with van der Waals surface area (Å²) in [5.41, 5.74) is 1.31. The van der Waals surface area contributed by atoms with E-state index in [1.807, 2.05) is 0 Å². The Kier molecular flexibility index (Phi) is 12.3. The molecule has 0 aliphatic rings. The van der Waals surface area contributed by atoms with Crippen LogP contribution in [0.2, 0.25) is 0 Å². The normalized spacial score (nSPS) is 12.3. The van der Waals surface area contributed by atoms with Crippen molar-refractivity contribution in [2.45, 2.75) is 96.2 Å². The van der Waals surface area contributed by atoms with Crippen molar-refractivity contribution in [3.63, 3.8) is 0 Å². The number of benzene rings is 2. The van der Waals surface area contributed by atoms with E-state index in [0.717, 1.165) is 44.0 Å². The number of aryl methyl sites for hydroxylation is 1. The van der Waals surface area contributed by atoms with Gasteiger partial charge >= 0.3 is 0 Å². The van der Waals surface area contributed by atoms with Crippen molar-refractivity contribution in [3.8, 4) is 11.5 Å². The highest BCUT2D eigenvalue weighted by molar-refractivity contribution is 9.09. The maximum Gasteiger partial charge on any atom is 0.123 e. The van der Waals surface area contributed by atoms with Crippen LogP contribution in [0.4, 0.5) is 0 Å². The summed E-state index contributed by atoms with van der Waals surface area (Å²) in [6.45, 7) is 8.30. The minimum atomic E-state index is 0.641. The molecule has 0 spiro atoms. The van der Waals surface area contributed by atoms with E-state index >= 15 is 0 Å². The molecule has 30 heavy (non-hydrogen) atoms. The summed E-state index contributed by atoms with van der Waals surface area (Å²) in [7, 11) is 0. The molecule has 0 aliphatic carbocycles. The number of ether oxygens (including phenoxy) is 2. The van der Waals surface area contributed by atoms with Gasteiger partial charge in [-0.2, -0.15) is 0 Å². The smallest absolute Gasteiger partial charge is 0.123 e. The standard InChI is InChI=1S/C27H41BrO2/c1-4-7-8-9-10-12-19-29-24-16-17-26-22(21-24)15-18-27(25(26)6-3)30-20-13-11-14-23(28)5-2/h15-18,21,23H,4-14,19-20H2,1-3H3. The lowest BCUT2D eigenvalue weighted by atomic mass is 10.0. The Morgan fingerprint density at radius 2 is 1.53 bits per heavy atom. The van der Waals surface area contributed by atoms with Crippen molar-refractivity contribution >= 4 is 26.7 Å². The third kappa shape index (κ3) is 8.49. The highest BCUT2D eigenvalue weighted by Crippen LogP contribution is 2.31. The van der Waals surface area contributed by atoms with Gasteiger partial charge in [0, 0.05) is 10.4 Å². The average molecular weight is 478 g/mol. The topological polar surface area (TPSA) is 18.5 Å². The first-order valence-corrected chi connectivity index (χ1v) is 13.1. The van der Waals surface area contributed by atoms with Crippen molar-refractivity contribution < 1.29 is 9.47 Å². The van der Waals surface area contributed by atoms with Gasteiger partial charge in [-0.3, -0.25) is 0 Å². The zero-order valence-corrected chi connectivity index (χ0v) is 20.9. The van der Waals surface area contributed by atoms with Crippen LogP contribution < -0.4 is 9.47 Å². The van der Waals surface area contributed by atoms with Crippen molar-refractivity contribution in [1.29, 1.82) is 0 Å². The molecule has 168 valence electrons. The lowest BCUT2D eigenvalue weighted by Crippen LogP contribution is -2.02. The second-order valence-electron chi connectivity index (χ2n) is 8.24. The third-order valence-electron chi connectivity index (χ3n) is 5.79. The second-order valence-corrected chi connectivity index (χ2v) is 9.54. The molecule has 2 aromatic rings. The van der Waals surface area contributed by atoms with Crippen LogP contribution in [0.15, 0.2) is 30.3 Å². The predicted octanol–water partition coefficient (Wildman–Crippen LogP) is 8.86. The van der Waals surface area contributed by atoms with E-state index < -0.39 is 0 Å². The zero-order chi connectivity index (χ0) is 21.6. The largest absolute Gasteiger partial charge is 0.494 e. The van der Waals surface area contributed by atoms with Gasteiger partial charge in [-0.25, -0.2) is 0 Å². The van der Waals surface area contributed by atoms with Gasteiger partial charge in [0.15, 0.2) is 0 Å². The minimum Gasteiger partial charge on any atom is -0.494 e. The molecule has 3 heteroatoms. The van der Waals surface area contributed by atoms with E-state index in [1.54, 1.807) is 0 Å². The monoisotopic (exact) mass is 476 g/mol. The lowest BCUT2D eigenvalue weighted by Gasteiger charge is -2.15. The number of rotatable bonds is 16. The number of unbranched alkanes of at least 4 members (excludes halogenated alkanes) is 6. The van der Waals surface area contributed by atoms with Gasteiger partial charge in [0.1, 0.15) is 11.5 Å². The molecule has 0 fully saturated rings. The molecule has 0 radical (unpaired) electrons. The quantitative estimate of drug-likeness (QED) is 0.178. The first-order valence-electron chi connectivity index (χ1n) is 12.1. The summed E-state index contributed by atoms with van der Waals surface area (Å²) in [4.78, 5) is 0.641. The van der Waals surface area contributed by atoms with Gasteiger partial charge in [-0.15, -0.1) is 0 Å². The van der Waals surface area contributed by atoms with Crippen LogP contribution in [0, 0.1) is 0 Å². The Balaban J connectivity index is 1.87. The molecule has 0 heterocycles. The summed E-state index contributed by atoms with van der Waals surface area (Å²) in [6.07, 6.45) is 13.4. The van der Waals surface area contributed by atoms with E-state index in [-0.39, 0.29) is 0 Å². The molecular formula is C27H41BrO2. The Hall–Kier alpha value is -1.22. The maximum atomic E-state index is 6.15. The van der Waals surface area contributed by atoms with Crippen LogP contribution in [-0.2, 0) is 6.42 Å². The Morgan fingerprint density at radius 1 is 0.800 bits per heavy atom. The molecule has 0 saturated heterocycles. The van der Waals surface area contributed by atoms with E-state index in [9.17, 15) is 0 Å². The van der Waals surface area contributed by atoms with Gasteiger partial charge in [0.2, 0.25) is 0 Å². The van der Waals surface area contributed by atoms with Crippen LogP contribution >= 0.6 is 15.9 Å². The fourth-order valence-corrected chi connectivity index (χ4v) is 4.19. The number of hydrogen-bond acceptors (Lipinski definition) is 2. The molecule has 1 unspecified atom stereocenters. The SMILES string of the molecule is CCCCCCCCOc1ccc2c(CC)c(OCCCCC(Br)CC)ccc2c1. The van der Waals surface area contributed by atoms with Crippen molar-refractivity contribution in [1.82, 2.24) is 0 Å². The highest BCUT2D eigenvalue weighted by Gasteiger charge is 2.09. The highest BCUT2D eigenvalue weighted by atomic mass is 79.9. The van der Waals surface area contributed by atoms with E-state index in [4.69, 9.17) is 9.47 Å². The fraction of sp³-hybridized carbons (Fsp3) is 0.630. The van der Waals surface area contributed by atoms with Gasteiger partial charge in [-0.05, 0) is 67.5 Å². The molecule has 2 aromatic carbocycles. The van der Waals surface area contributed by atoms with Gasteiger partial charge in [0.25, 0.3) is 0 Å². The van der Waals surface area contributed by atoms with Crippen LogP contribution in [0.1, 0.15) is 90.5 Å². The molecule has 0 aliphatic heterocycles. The maximum absolute atomic E-state index is 6.15. The van der Waals surface area contributed by atoms with Gasteiger partial charge in [-0.1, -0.05) is 80.9 Å². The van der Waals surface area contributed by atoms with Gasteiger partial charge in [0.05, 0.1) is 13.2 Å². The molecular weight excluding hydrogens is 436 g/mol. The molecule has 2 nitrogen and oxygen atoms in total. The first kappa shape index (κ1) is 25.0. The minimum absolute atomic E-state index is 0.641. The first-order chi connectivity index (χ1) is 14.7. The van der Waals surface area contributed by atoms with Crippen molar-refractivity contribution in [3.05, 3.63) is 35.9 Å². The zero-order valence-electron chi connectivity index (χ0n) is 19.4. The number of fused-ring (bicyclic) bond motifs is 1. The summed E-state index contributed by atoms with van der Waals surface area (Å²) >= 11 is 3.71. The predicted molar refractivity (Wildman–Crippen MR) is 135 cm³/mol. The number of halogens is 1. The summed E-state index contributed by atoms with van der Waals surface area (Å²) in [6, 6.07) is 10.8. The van der Waals surface area contributed by atoms with Crippen LogP contribution in [0.25, 0.3) is 10.8 Å². The van der Waals surface area contributed by atoms with Crippen LogP contribution in [0.5, 0.6) is 11.5 Å². The molecule has 0 bridgehead atoms. The number of hydrogen-bond donors (Lipinski definition) is 0. The van der Waals surface area contributed by atoms with E-state index in [2.05, 4.69) is 67.0 Å². The summed E-state index contributed by atoms with van der Waals surface area (Å²) in [5, 5.41) is 2.53. The molecule has 0 amide bonds. The molecule has 0 N–H and O–H groups in total. The number of alkyl halides is 1. The van der Waals surface area contributed by atoms with E-state index in [1.165, 1.54) is 67.7 Å². The molecule has 0 aromatic heterocycles. The van der Waals surface area contributed by atoms with Crippen LogP contribution in [0.3, 0.4) is 0 Å².